The van der Waals surface area contributed by atoms with Gasteiger partial charge in [-0.1, -0.05) is 6.92 Å². The van der Waals surface area contributed by atoms with Gasteiger partial charge in [0.05, 0.1) is 28.1 Å². The average molecular weight is 464 g/mol. The van der Waals surface area contributed by atoms with Crippen molar-refractivity contribution in [2.24, 2.45) is 5.92 Å². The zero-order valence-electron chi connectivity index (χ0n) is 17.9. The largest absolute Gasteiger partial charge is 0.466 e. The molecule has 1 aliphatic rings. The van der Waals surface area contributed by atoms with Gasteiger partial charge in [-0.05, 0) is 44.0 Å². The normalized spacial score (nSPS) is 14.8. The Balaban J connectivity index is 1.78. The number of aromatic nitrogens is 1. The number of pyridine rings is 1. The van der Waals surface area contributed by atoms with Gasteiger partial charge in [-0.15, -0.1) is 0 Å². The maximum atomic E-state index is 12.0. The van der Waals surface area contributed by atoms with Gasteiger partial charge in [-0.2, -0.15) is 4.98 Å². The predicted octanol–water partition coefficient (Wildman–Crippen LogP) is 3.36. The van der Waals surface area contributed by atoms with Crippen LogP contribution in [0.25, 0.3) is 0 Å². The van der Waals surface area contributed by atoms with Gasteiger partial charge in [-0.25, -0.2) is 8.42 Å². The summed E-state index contributed by atoms with van der Waals surface area (Å²) < 4.78 is 34.7. The first-order valence-corrected chi connectivity index (χ1v) is 12.0. The number of esters is 1. The quantitative estimate of drug-likeness (QED) is 0.329. The Morgan fingerprint density at radius 1 is 1.16 bits per heavy atom. The van der Waals surface area contributed by atoms with Crippen molar-refractivity contribution >= 4 is 27.3 Å². The lowest BCUT2D eigenvalue weighted by molar-refractivity contribution is -0.384. The first-order valence-electron chi connectivity index (χ1n) is 10.3. The number of sulfone groups is 1. The molecule has 32 heavy (non-hydrogen) atoms. The molecule has 0 saturated carbocycles. The monoisotopic (exact) mass is 463 g/mol. The number of carbonyl (C=O) groups excluding carboxylic acids is 1. The van der Waals surface area contributed by atoms with Crippen LogP contribution in [0.4, 0.5) is 11.5 Å². The lowest BCUT2D eigenvalue weighted by Crippen LogP contribution is -2.37. The summed E-state index contributed by atoms with van der Waals surface area (Å²) in [5.74, 6) is 0.174. The molecular formula is C21H25N3O7S. The topological polar surface area (TPSA) is 129 Å². The zero-order chi connectivity index (χ0) is 23.3. The van der Waals surface area contributed by atoms with Gasteiger partial charge in [0, 0.05) is 25.2 Å². The number of hydrogen-bond donors (Lipinski definition) is 0. The lowest BCUT2D eigenvalue weighted by atomic mass is 9.97. The molecule has 0 amide bonds. The minimum absolute atomic E-state index is 0.00662. The second kappa shape index (κ2) is 9.94. The highest BCUT2D eigenvalue weighted by Gasteiger charge is 2.30. The standard InChI is InChI=1S/C21H25N3O7S/c1-3-30-21(25)15-11-13-23(14-12-15)20-18(24(26)27)9-10-19(22-20)31-16-5-7-17(8-6-16)32(28,29)4-2/h5-10,15H,3-4,11-14H2,1-2H3. The third-order valence-electron chi connectivity index (χ3n) is 5.23. The van der Waals surface area contributed by atoms with Crippen molar-refractivity contribution in [3.05, 3.63) is 46.5 Å². The van der Waals surface area contributed by atoms with Crippen LogP contribution in [0.5, 0.6) is 11.6 Å². The fourth-order valence-corrected chi connectivity index (χ4v) is 4.33. The molecule has 3 rings (SSSR count). The summed E-state index contributed by atoms with van der Waals surface area (Å²) in [7, 11) is -3.32. The van der Waals surface area contributed by atoms with Crippen LogP contribution in [0.2, 0.25) is 0 Å². The summed E-state index contributed by atoms with van der Waals surface area (Å²) in [5, 5.41) is 11.5. The summed E-state index contributed by atoms with van der Waals surface area (Å²) >= 11 is 0. The Labute approximate surface area is 186 Å². The summed E-state index contributed by atoms with van der Waals surface area (Å²) in [6, 6.07) is 8.63. The molecule has 0 atom stereocenters. The Morgan fingerprint density at radius 2 is 1.81 bits per heavy atom. The summed E-state index contributed by atoms with van der Waals surface area (Å²) in [4.78, 5) is 29.3. The number of rotatable bonds is 8. The first kappa shape index (κ1) is 23.5. The van der Waals surface area contributed by atoms with Crippen molar-refractivity contribution in [2.75, 3.05) is 30.3 Å². The maximum Gasteiger partial charge on any atom is 0.311 e. The molecule has 2 heterocycles. The molecule has 1 saturated heterocycles. The second-order valence-corrected chi connectivity index (χ2v) is 9.52. The van der Waals surface area contributed by atoms with Crippen molar-refractivity contribution in [1.29, 1.82) is 0 Å². The first-order chi connectivity index (χ1) is 15.2. The van der Waals surface area contributed by atoms with Gasteiger partial charge in [0.15, 0.2) is 9.84 Å². The molecule has 1 aromatic heterocycles. The van der Waals surface area contributed by atoms with Crippen molar-refractivity contribution in [2.45, 2.75) is 31.6 Å². The summed E-state index contributed by atoms with van der Waals surface area (Å²) in [6.45, 7) is 4.48. The van der Waals surface area contributed by atoms with Crippen LogP contribution in [0.3, 0.4) is 0 Å². The zero-order valence-corrected chi connectivity index (χ0v) is 18.7. The smallest absolute Gasteiger partial charge is 0.311 e. The lowest BCUT2D eigenvalue weighted by Gasteiger charge is -2.31. The van der Waals surface area contributed by atoms with Gasteiger partial charge >= 0.3 is 11.7 Å². The number of carbonyl (C=O) groups is 1. The van der Waals surface area contributed by atoms with Crippen molar-refractivity contribution < 1.29 is 27.6 Å². The molecular weight excluding hydrogens is 438 g/mol. The SMILES string of the molecule is CCOC(=O)C1CCN(c2nc(Oc3ccc(S(=O)(=O)CC)cc3)ccc2[N+](=O)[O-])CC1. The molecule has 2 aromatic rings. The summed E-state index contributed by atoms with van der Waals surface area (Å²) in [6.07, 6.45) is 1.02. The molecule has 0 aliphatic carbocycles. The third kappa shape index (κ3) is 5.34. The van der Waals surface area contributed by atoms with Crippen LogP contribution in [0.15, 0.2) is 41.3 Å². The minimum atomic E-state index is -3.32. The number of nitro groups is 1. The Kier molecular flexibility index (Phi) is 7.29. The van der Waals surface area contributed by atoms with E-state index in [2.05, 4.69) is 4.98 Å². The highest BCUT2D eigenvalue weighted by atomic mass is 32.2. The van der Waals surface area contributed by atoms with Crippen molar-refractivity contribution in [1.82, 2.24) is 4.98 Å². The average Bonchev–Trinajstić information content (AvgIpc) is 2.79. The van der Waals surface area contributed by atoms with Gasteiger partial charge in [0.1, 0.15) is 5.75 Å². The van der Waals surface area contributed by atoms with Crippen molar-refractivity contribution in [3.8, 4) is 11.6 Å². The highest BCUT2D eigenvalue weighted by molar-refractivity contribution is 7.91. The maximum absolute atomic E-state index is 12.0. The van der Waals surface area contributed by atoms with E-state index >= 15 is 0 Å². The van der Waals surface area contributed by atoms with Gasteiger partial charge in [0.25, 0.3) is 0 Å². The van der Waals surface area contributed by atoms with Crippen LogP contribution in [-0.4, -0.2) is 49.7 Å². The molecule has 1 aliphatic heterocycles. The molecule has 0 spiro atoms. The van der Waals surface area contributed by atoms with Crippen LogP contribution < -0.4 is 9.64 Å². The molecule has 0 N–H and O–H groups in total. The molecule has 1 fully saturated rings. The van der Waals surface area contributed by atoms with E-state index in [1.54, 1.807) is 18.7 Å². The van der Waals surface area contributed by atoms with E-state index in [0.717, 1.165) is 0 Å². The fourth-order valence-electron chi connectivity index (χ4n) is 3.45. The Hall–Kier alpha value is -3.21. The van der Waals surface area contributed by atoms with E-state index in [9.17, 15) is 23.3 Å². The van der Waals surface area contributed by atoms with Crippen molar-refractivity contribution in [3.63, 3.8) is 0 Å². The molecule has 1 aromatic carbocycles. The fraction of sp³-hybridized carbons (Fsp3) is 0.429. The molecule has 0 bridgehead atoms. The predicted molar refractivity (Wildman–Crippen MR) is 117 cm³/mol. The number of piperidine rings is 1. The van der Waals surface area contributed by atoms with Crippen LogP contribution >= 0.6 is 0 Å². The highest BCUT2D eigenvalue weighted by Crippen LogP contribution is 2.33. The van der Waals surface area contributed by atoms with Gasteiger partial charge in [0.2, 0.25) is 11.7 Å². The van der Waals surface area contributed by atoms with Crippen LogP contribution in [-0.2, 0) is 19.4 Å². The van der Waals surface area contributed by atoms with Crippen LogP contribution in [0, 0.1) is 16.0 Å². The van der Waals surface area contributed by atoms with Gasteiger partial charge in [-0.3, -0.25) is 14.9 Å². The number of nitrogens with zero attached hydrogens (tertiary/aromatic N) is 3. The van der Waals surface area contributed by atoms with E-state index in [0.29, 0.717) is 38.3 Å². The second-order valence-electron chi connectivity index (χ2n) is 7.24. The van der Waals surface area contributed by atoms with Gasteiger partial charge < -0.3 is 14.4 Å². The Bertz CT molecular complexity index is 1080. The third-order valence-corrected chi connectivity index (χ3v) is 6.98. The van der Waals surface area contributed by atoms with E-state index in [4.69, 9.17) is 9.47 Å². The number of anilines is 1. The van der Waals surface area contributed by atoms with E-state index < -0.39 is 14.8 Å². The number of hydrogen-bond acceptors (Lipinski definition) is 9. The van der Waals surface area contributed by atoms with E-state index in [-0.39, 0.29) is 39.9 Å². The van der Waals surface area contributed by atoms with Crippen LogP contribution in [0.1, 0.15) is 26.7 Å². The molecule has 0 radical (unpaired) electrons. The molecule has 172 valence electrons. The van der Waals surface area contributed by atoms with E-state index in [1.165, 1.54) is 36.4 Å². The summed E-state index contributed by atoms with van der Waals surface area (Å²) in [5.41, 5.74) is -0.156. The Morgan fingerprint density at radius 3 is 2.38 bits per heavy atom. The minimum Gasteiger partial charge on any atom is -0.466 e. The molecule has 10 nitrogen and oxygen atoms in total. The number of benzene rings is 1. The molecule has 0 unspecified atom stereocenters. The number of ether oxygens (including phenoxy) is 2. The molecule has 11 heteroatoms. The van der Waals surface area contributed by atoms with E-state index in [1.807, 2.05) is 0 Å².